The molecule has 0 bridgehead atoms. The topological polar surface area (TPSA) is 74.7 Å². The first kappa shape index (κ1) is 17.5. The molecule has 2 aromatic rings. The zero-order valence-electron chi connectivity index (χ0n) is 12.9. The van der Waals surface area contributed by atoms with Gasteiger partial charge in [0.15, 0.2) is 0 Å². The van der Waals surface area contributed by atoms with Crippen LogP contribution in [0.3, 0.4) is 0 Å². The Morgan fingerprint density at radius 3 is 2.25 bits per heavy atom. The fourth-order valence-electron chi connectivity index (χ4n) is 2.05. The van der Waals surface area contributed by atoms with E-state index in [1.165, 1.54) is 36.4 Å². The van der Waals surface area contributed by atoms with Gasteiger partial charge in [-0.05, 0) is 35.9 Å². The summed E-state index contributed by atoms with van der Waals surface area (Å²) in [6.45, 7) is 3.66. The third-order valence-corrected chi connectivity index (χ3v) is 4.69. The van der Waals surface area contributed by atoms with Crippen LogP contribution in [-0.2, 0) is 10.0 Å². The lowest BCUT2D eigenvalue weighted by Gasteiger charge is -2.21. The Hall–Kier alpha value is -2.86. The third-order valence-electron chi connectivity index (χ3n) is 3.24. The Morgan fingerprint density at radius 1 is 1.08 bits per heavy atom. The van der Waals surface area contributed by atoms with Crippen molar-refractivity contribution in [3.05, 3.63) is 83.8 Å². The highest BCUT2D eigenvalue weighted by Crippen LogP contribution is 2.20. The van der Waals surface area contributed by atoms with Gasteiger partial charge in [-0.3, -0.25) is 4.31 Å². The van der Waals surface area contributed by atoms with Crippen LogP contribution in [0, 0.1) is 0 Å². The molecule has 6 heteroatoms. The van der Waals surface area contributed by atoms with Gasteiger partial charge in [-0.1, -0.05) is 36.4 Å². The van der Waals surface area contributed by atoms with Gasteiger partial charge >= 0.3 is 5.97 Å². The number of aromatic carboxylic acids is 1. The summed E-state index contributed by atoms with van der Waals surface area (Å²) in [6.07, 6.45) is 2.98. The first-order valence-corrected chi connectivity index (χ1v) is 8.64. The van der Waals surface area contributed by atoms with Crippen LogP contribution in [0.1, 0.15) is 15.9 Å². The zero-order chi connectivity index (χ0) is 17.6. The van der Waals surface area contributed by atoms with Crippen LogP contribution in [0.15, 0.2) is 72.7 Å². The molecule has 2 rings (SSSR count). The Bertz CT molecular complexity index is 840. The lowest BCUT2D eigenvalue weighted by atomic mass is 10.2. The van der Waals surface area contributed by atoms with E-state index in [0.29, 0.717) is 5.69 Å². The van der Waals surface area contributed by atoms with Crippen molar-refractivity contribution in [2.75, 3.05) is 10.8 Å². The number of carbonyl (C=O) groups is 1. The summed E-state index contributed by atoms with van der Waals surface area (Å²) in [5.74, 6) is -1.07. The number of carboxylic acid groups (broad SMARTS) is 1. The van der Waals surface area contributed by atoms with E-state index >= 15 is 0 Å². The highest BCUT2D eigenvalue weighted by atomic mass is 32.2. The number of carboxylic acids is 1. The molecule has 124 valence electrons. The summed E-state index contributed by atoms with van der Waals surface area (Å²) in [6, 6.07) is 14.7. The molecular formula is C18H17NO4S. The number of sulfonamides is 1. The standard InChI is InChI=1S/C18H17NO4S/c1-2-13-19(17-10-8-16(9-11-17)18(20)21)24(22,23)14-12-15-6-4-3-5-7-15/h2-12,14H,1,13H2,(H,20,21). The molecule has 24 heavy (non-hydrogen) atoms. The van der Waals surface area contributed by atoms with Crippen LogP contribution in [0.2, 0.25) is 0 Å². The lowest BCUT2D eigenvalue weighted by Crippen LogP contribution is -2.29. The molecule has 0 heterocycles. The molecule has 0 saturated carbocycles. The molecule has 0 aliphatic carbocycles. The third kappa shape index (κ3) is 4.33. The molecule has 0 fully saturated rings. The predicted octanol–water partition coefficient (Wildman–Crippen LogP) is 3.38. The zero-order valence-corrected chi connectivity index (χ0v) is 13.7. The van der Waals surface area contributed by atoms with Crippen LogP contribution >= 0.6 is 0 Å². The van der Waals surface area contributed by atoms with E-state index in [9.17, 15) is 13.2 Å². The van der Waals surface area contributed by atoms with Crippen LogP contribution < -0.4 is 4.31 Å². The summed E-state index contributed by atoms with van der Waals surface area (Å²) < 4.78 is 26.3. The van der Waals surface area contributed by atoms with E-state index in [4.69, 9.17) is 5.11 Å². The van der Waals surface area contributed by atoms with Crippen molar-refractivity contribution < 1.29 is 18.3 Å². The van der Waals surface area contributed by atoms with Crippen molar-refractivity contribution in [1.82, 2.24) is 0 Å². The number of benzene rings is 2. The second-order valence-corrected chi connectivity index (χ2v) is 6.67. The first-order valence-electron chi connectivity index (χ1n) is 7.14. The van der Waals surface area contributed by atoms with E-state index in [1.807, 2.05) is 18.2 Å². The minimum Gasteiger partial charge on any atom is -0.478 e. The molecule has 0 atom stereocenters. The molecule has 0 aliphatic rings. The van der Waals surface area contributed by atoms with Crippen LogP contribution in [0.25, 0.3) is 6.08 Å². The number of rotatable bonds is 7. The minimum atomic E-state index is -3.73. The van der Waals surface area contributed by atoms with Crippen molar-refractivity contribution in [3.63, 3.8) is 0 Å². The Kier molecular flexibility index (Phi) is 5.55. The van der Waals surface area contributed by atoms with Gasteiger partial charge in [0.1, 0.15) is 0 Å². The molecule has 0 radical (unpaired) electrons. The van der Waals surface area contributed by atoms with Crippen molar-refractivity contribution in [2.45, 2.75) is 0 Å². The fraction of sp³-hybridized carbons (Fsp3) is 0.0556. The van der Waals surface area contributed by atoms with Crippen LogP contribution in [-0.4, -0.2) is 26.0 Å². The summed E-state index contributed by atoms with van der Waals surface area (Å²) >= 11 is 0. The van der Waals surface area contributed by atoms with Gasteiger partial charge in [-0.25, -0.2) is 13.2 Å². The Balaban J connectivity index is 2.33. The molecule has 0 aromatic heterocycles. The molecule has 0 spiro atoms. The van der Waals surface area contributed by atoms with E-state index < -0.39 is 16.0 Å². The highest BCUT2D eigenvalue weighted by molar-refractivity contribution is 7.95. The predicted molar refractivity (Wildman–Crippen MR) is 95.3 cm³/mol. The van der Waals surface area contributed by atoms with Gasteiger partial charge < -0.3 is 5.11 Å². The number of hydrogen-bond donors (Lipinski definition) is 1. The maximum absolute atomic E-state index is 12.6. The second kappa shape index (κ2) is 7.61. The smallest absolute Gasteiger partial charge is 0.335 e. The van der Waals surface area contributed by atoms with Crippen molar-refractivity contribution >= 4 is 27.8 Å². The normalized spacial score (nSPS) is 11.3. The largest absolute Gasteiger partial charge is 0.478 e. The summed E-state index contributed by atoms with van der Waals surface area (Å²) in [4.78, 5) is 10.9. The van der Waals surface area contributed by atoms with Gasteiger partial charge in [0.25, 0.3) is 10.0 Å². The van der Waals surface area contributed by atoms with E-state index in [1.54, 1.807) is 12.1 Å². The molecule has 0 aliphatic heterocycles. The van der Waals surface area contributed by atoms with Gasteiger partial charge in [0, 0.05) is 0 Å². The van der Waals surface area contributed by atoms with Gasteiger partial charge in [0.05, 0.1) is 23.2 Å². The Labute approximate surface area is 141 Å². The summed E-state index contributed by atoms with van der Waals surface area (Å²) in [5.41, 5.74) is 1.23. The van der Waals surface area contributed by atoms with Crippen LogP contribution in [0.5, 0.6) is 0 Å². The van der Waals surface area contributed by atoms with E-state index in [0.717, 1.165) is 15.3 Å². The lowest BCUT2D eigenvalue weighted by molar-refractivity contribution is 0.0697. The molecule has 1 N–H and O–H groups in total. The monoisotopic (exact) mass is 343 g/mol. The van der Waals surface area contributed by atoms with Gasteiger partial charge in [-0.2, -0.15) is 0 Å². The average Bonchev–Trinajstić information content (AvgIpc) is 2.59. The Morgan fingerprint density at radius 2 is 1.71 bits per heavy atom. The second-order valence-electron chi connectivity index (χ2n) is 4.93. The van der Waals surface area contributed by atoms with Crippen molar-refractivity contribution in [3.8, 4) is 0 Å². The fourth-order valence-corrected chi connectivity index (χ4v) is 3.25. The minimum absolute atomic E-state index is 0.0773. The average molecular weight is 343 g/mol. The molecule has 2 aromatic carbocycles. The van der Waals surface area contributed by atoms with Gasteiger partial charge in [0.2, 0.25) is 0 Å². The summed E-state index contributed by atoms with van der Waals surface area (Å²) in [7, 11) is -3.73. The molecule has 0 saturated heterocycles. The molecular weight excluding hydrogens is 326 g/mol. The molecule has 5 nitrogen and oxygen atoms in total. The van der Waals surface area contributed by atoms with Crippen molar-refractivity contribution in [2.24, 2.45) is 0 Å². The number of hydrogen-bond acceptors (Lipinski definition) is 3. The number of nitrogens with zero attached hydrogens (tertiary/aromatic N) is 1. The maximum Gasteiger partial charge on any atom is 0.335 e. The van der Waals surface area contributed by atoms with Crippen LogP contribution in [0.4, 0.5) is 5.69 Å². The molecule has 0 unspecified atom stereocenters. The first-order chi connectivity index (χ1) is 11.4. The quantitative estimate of drug-likeness (QED) is 0.782. The number of anilines is 1. The summed E-state index contributed by atoms with van der Waals surface area (Å²) in [5, 5.41) is 10.1. The maximum atomic E-state index is 12.6. The van der Waals surface area contributed by atoms with E-state index in [2.05, 4.69) is 6.58 Å². The van der Waals surface area contributed by atoms with E-state index in [-0.39, 0.29) is 12.1 Å². The SMILES string of the molecule is C=CCN(c1ccc(C(=O)O)cc1)S(=O)(=O)C=Cc1ccccc1. The highest BCUT2D eigenvalue weighted by Gasteiger charge is 2.18. The van der Waals surface area contributed by atoms with Gasteiger partial charge in [-0.15, -0.1) is 6.58 Å². The van der Waals surface area contributed by atoms with Crippen molar-refractivity contribution in [1.29, 1.82) is 0 Å². The molecule has 0 amide bonds.